The highest BCUT2D eigenvalue weighted by Crippen LogP contribution is 2.35. The minimum atomic E-state index is 0.414. The molecule has 20 heavy (non-hydrogen) atoms. The summed E-state index contributed by atoms with van der Waals surface area (Å²) in [5, 5.41) is 4.52. The summed E-state index contributed by atoms with van der Waals surface area (Å²) in [4.78, 5) is 4.75. The highest BCUT2D eigenvalue weighted by Gasteiger charge is 2.30. The van der Waals surface area contributed by atoms with Gasteiger partial charge in [-0.2, -0.15) is 0 Å². The predicted octanol–water partition coefficient (Wildman–Crippen LogP) is 5.13. The van der Waals surface area contributed by atoms with E-state index in [-0.39, 0.29) is 0 Å². The van der Waals surface area contributed by atoms with Crippen LogP contribution in [0.2, 0.25) is 0 Å². The predicted molar refractivity (Wildman–Crippen MR) is 91.9 cm³/mol. The lowest BCUT2D eigenvalue weighted by molar-refractivity contribution is 0.318. The second-order valence-corrected chi connectivity index (χ2v) is 6.98. The molecular weight excluding hydrogens is 264 g/mol. The Labute approximate surface area is 127 Å². The summed E-state index contributed by atoms with van der Waals surface area (Å²) in [5.74, 6) is 1.76. The molecule has 0 aromatic heterocycles. The Morgan fingerprint density at radius 2 is 1.85 bits per heavy atom. The first-order chi connectivity index (χ1) is 9.58. The molecule has 2 rings (SSSR count). The van der Waals surface area contributed by atoms with Crippen LogP contribution in [0.4, 0.5) is 5.69 Å². The van der Waals surface area contributed by atoms with Crippen LogP contribution in [0.5, 0.6) is 0 Å². The number of nitrogens with zero attached hydrogens (tertiary/aromatic N) is 1. The lowest BCUT2D eigenvalue weighted by Crippen LogP contribution is -2.32. The van der Waals surface area contributed by atoms with Crippen LogP contribution in [-0.2, 0) is 0 Å². The van der Waals surface area contributed by atoms with E-state index in [1.165, 1.54) is 24.2 Å². The van der Waals surface area contributed by atoms with E-state index < -0.39 is 0 Å². The van der Waals surface area contributed by atoms with Crippen molar-refractivity contribution in [1.82, 2.24) is 0 Å². The molecule has 0 bridgehead atoms. The van der Waals surface area contributed by atoms with Crippen molar-refractivity contribution >= 4 is 22.6 Å². The van der Waals surface area contributed by atoms with Gasteiger partial charge in [0.1, 0.15) is 0 Å². The van der Waals surface area contributed by atoms with Gasteiger partial charge >= 0.3 is 0 Å². The minimum Gasteiger partial charge on any atom is -0.335 e. The fourth-order valence-electron chi connectivity index (χ4n) is 2.38. The molecule has 0 amide bonds. The maximum Gasteiger partial charge on any atom is 0.161 e. The Morgan fingerprint density at radius 1 is 1.20 bits per heavy atom. The normalized spacial score (nSPS) is 17.9. The third-order valence-corrected chi connectivity index (χ3v) is 5.66. The Kier molecular flexibility index (Phi) is 5.14. The third kappa shape index (κ3) is 3.57. The molecule has 0 saturated heterocycles. The molecule has 3 heteroatoms. The van der Waals surface area contributed by atoms with Crippen molar-refractivity contribution in [2.75, 3.05) is 17.6 Å². The van der Waals surface area contributed by atoms with Gasteiger partial charge in [-0.15, -0.1) is 0 Å². The first kappa shape index (κ1) is 15.4. The van der Waals surface area contributed by atoms with E-state index in [0.29, 0.717) is 11.3 Å². The maximum atomic E-state index is 4.75. The smallest absolute Gasteiger partial charge is 0.161 e. The van der Waals surface area contributed by atoms with Crippen LogP contribution in [0.15, 0.2) is 29.3 Å². The van der Waals surface area contributed by atoms with E-state index in [2.05, 4.69) is 57.3 Å². The van der Waals surface area contributed by atoms with Gasteiger partial charge in [-0.3, -0.25) is 4.99 Å². The number of aliphatic imine (C=N–C) groups is 1. The minimum absolute atomic E-state index is 0.414. The molecule has 1 N–H and O–H groups in total. The summed E-state index contributed by atoms with van der Waals surface area (Å²) < 4.78 is 0. The zero-order valence-corrected chi connectivity index (χ0v) is 13.9. The Hall–Kier alpha value is -0.960. The van der Waals surface area contributed by atoms with E-state index in [1.807, 2.05) is 11.8 Å². The van der Waals surface area contributed by atoms with E-state index >= 15 is 0 Å². The summed E-state index contributed by atoms with van der Waals surface area (Å²) in [7, 11) is 0. The van der Waals surface area contributed by atoms with Gasteiger partial charge in [0.25, 0.3) is 0 Å². The largest absolute Gasteiger partial charge is 0.335 e. The third-order valence-electron chi connectivity index (χ3n) is 4.40. The molecule has 1 aliphatic rings. The maximum absolute atomic E-state index is 4.75. The number of nitrogens with one attached hydrogen (secondary N) is 1. The number of rotatable bonds is 4. The Morgan fingerprint density at radius 3 is 2.30 bits per heavy atom. The van der Waals surface area contributed by atoms with E-state index in [9.17, 15) is 0 Å². The topological polar surface area (TPSA) is 24.4 Å². The van der Waals surface area contributed by atoms with Crippen LogP contribution in [0.1, 0.15) is 52.0 Å². The summed E-state index contributed by atoms with van der Waals surface area (Å²) in [6, 6.07) is 8.70. The SMILES string of the molecule is CCC1(CC)CN=C(Nc2ccc(C(C)C)cc2)SC1. The number of hydrogen-bond donors (Lipinski definition) is 1. The molecule has 0 atom stereocenters. The number of benzene rings is 1. The number of anilines is 1. The second-order valence-electron chi connectivity index (χ2n) is 6.02. The quantitative estimate of drug-likeness (QED) is 0.831. The van der Waals surface area contributed by atoms with Gasteiger partial charge in [0.15, 0.2) is 5.17 Å². The van der Waals surface area contributed by atoms with Crippen molar-refractivity contribution in [3.8, 4) is 0 Å². The van der Waals surface area contributed by atoms with Crippen molar-refractivity contribution < 1.29 is 0 Å². The fourth-order valence-corrected chi connectivity index (χ4v) is 3.67. The zero-order chi connectivity index (χ0) is 14.6. The second kappa shape index (κ2) is 6.66. The molecule has 0 spiro atoms. The van der Waals surface area contributed by atoms with Gasteiger partial charge in [-0.05, 0) is 41.9 Å². The fraction of sp³-hybridized carbons (Fsp3) is 0.588. The lowest BCUT2D eigenvalue weighted by atomic mass is 9.84. The van der Waals surface area contributed by atoms with Crippen molar-refractivity contribution in [3.63, 3.8) is 0 Å². The average Bonchev–Trinajstić information content (AvgIpc) is 2.49. The standard InChI is InChI=1S/C17H26N2S/c1-5-17(6-2)11-18-16(20-12-17)19-15-9-7-14(8-10-15)13(3)4/h7-10,13H,5-6,11-12H2,1-4H3,(H,18,19). The number of amidine groups is 1. The molecule has 1 heterocycles. The highest BCUT2D eigenvalue weighted by atomic mass is 32.2. The van der Waals surface area contributed by atoms with Gasteiger partial charge < -0.3 is 5.32 Å². The monoisotopic (exact) mass is 290 g/mol. The molecule has 2 nitrogen and oxygen atoms in total. The van der Waals surface area contributed by atoms with E-state index in [4.69, 9.17) is 4.99 Å². The van der Waals surface area contributed by atoms with Crippen LogP contribution in [0, 0.1) is 5.41 Å². The Balaban J connectivity index is 1.99. The number of hydrogen-bond acceptors (Lipinski definition) is 3. The van der Waals surface area contributed by atoms with Crippen LogP contribution in [-0.4, -0.2) is 17.5 Å². The molecule has 0 unspecified atom stereocenters. The molecule has 0 aliphatic carbocycles. The molecule has 0 radical (unpaired) electrons. The van der Waals surface area contributed by atoms with Crippen LogP contribution in [0.25, 0.3) is 0 Å². The van der Waals surface area contributed by atoms with Gasteiger partial charge in [-0.25, -0.2) is 0 Å². The number of thioether (sulfide) groups is 1. The summed E-state index contributed by atoms with van der Waals surface area (Å²) in [6.07, 6.45) is 2.44. The van der Waals surface area contributed by atoms with Gasteiger partial charge in [-0.1, -0.05) is 51.6 Å². The van der Waals surface area contributed by atoms with Gasteiger partial charge in [0.2, 0.25) is 0 Å². The highest BCUT2D eigenvalue weighted by molar-refractivity contribution is 8.14. The van der Waals surface area contributed by atoms with Gasteiger partial charge in [0, 0.05) is 18.0 Å². The van der Waals surface area contributed by atoms with Crippen LogP contribution >= 0.6 is 11.8 Å². The van der Waals surface area contributed by atoms with Gasteiger partial charge in [0.05, 0.1) is 0 Å². The molecule has 1 aliphatic heterocycles. The molecule has 1 aromatic rings. The zero-order valence-electron chi connectivity index (χ0n) is 13.1. The average molecular weight is 290 g/mol. The summed E-state index contributed by atoms with van der Waals surface area (Å²) in [5.41, 5.74) is 2.93. The van der Waals surface area contributed by atoms with Crippen LogP contribution < -0.4 is 5.32 Å². The first-order valence-electron chi connectivity index (χ1n) is 7.63. The molecular formula is C17H26N2S. The van der Waals surface area contributed by atoms with Crippen molar-refractivity contribution in [1.29, 1.82) is 0 Å². The molecule has 0 fully saturated rings. The van der Waals surface area contributed by atoms with E-state index in [0.717, 1.165) is 17.4 Å². The lowest BCUT2D eigenvalue weighted by Gasteiger charge is -2.33. The molecule has 1 aromatic carbocycles. The Bertz CT molecular complexity index is 458. The van der Waals surface area contributed by atoms with Crippen molar-refractivity contribution in [2.45, 2.75) is 46.5 Å². The molecule has 110 valence electrons. The van der Waals surface area contributed by atoms with E-state index in [1.54, 1.807) is 0 Å². The first-order valence-corrected chi connectivity index (χ1v) is 8.61. The molecule has 0 saturated carbocycles. The van der Waals surface area contributed by atoms with Crippen LogP contribution in [0.3, 0.4) is 0 Å². The summed E-state index contributed by atoms with van der Waals surface area (Å²) >= 11 is 1.86. The van der Waals surface area contributed by atoms with Crippen molar-refractivity contribution in [2.24, 2.45) is 10.4 Å². The summed E-state index contributed by atoms with van der Waals surface area (Å²) in [6.45, 7) is 9.96. The van der Waals surface area contributed by atoms with Crippen molar-refractivity contribution in [3.05, 3.63) is 29.8 Å².